The average Bonchev–Trinajstić information content (AvgIpc) is 3.18. The van der Waals surface area contributed by atoms with Crippen molar-refractivity contribution in [3.8, 4) is 11.5 Å². The lowest BCUT2D eigenvalue weighted by molar-refractivity contribution is 0.616. The predicted molar refractivity (Wildman–Crippen MR) is 105 cm³/mol. The van der Waals surface area contributed by atoms with Gasteiger partial charge in [0, 0.05) is 12.5 Å². The zero-order valence-electron chi connectivity index (χ0n) is 14.3. The zero-order chi connectivity index (χ0) is 18.2. The molecule has 2 aromatic carbocycles. The van der Waals surface area contributed by atoms with E-state index in [0.29, 0.717) is 28.8 Å². The predicted octanol–water partition coefficient (Wildman–Crippen LogP) is 4.32. The number of aromatic amines is 1. The molecule has 0 saturated heterocycles. The average molecular weight is 353 g/mol. The van der Waals surface area contributed by atoms with E-state index in [0.717, 1.165) is 22.3 Å². The highest BCUT2D eigenvalue weighted by molar-refractivity contribution is 5.83. The van der Waals surface area contributed by atoms with Crippen LogP contribution in [0.25, 0.3) is 33.5 Å². The van der Waals surface area contributed by atoms with Crippen LogP contribution in [-0.4, -0.2) is 15.0 Å². The third-order valence-electron chi connectivity index (χ3n) is 4.58. The molecule has 0 aliphatic rings. The summed E-state index contributed by atoms with van der Waals surface area (Å²) in [5.74, 6) is 0.449. The van der Waals surface area contributed by atoms with E-state index in [9.17, 15) is 4.79 Å². The van der Waals surface area contributed by atoms with Gasteiger partial charge in [0.15, 0.2) is 11.2 Å². The highest BCUT2D eigenvalue weighted by atomic mass is 16.3. The quantitative estimate of drug-likeness (QED) is 0.524. The summed E-state index contributed by atoms with van der Waals surface area (Å²) < 4.78 is 5.96. The Balaban J connectivity index is 1.69. The van der Waals surface area contributed by atoms with Gasteiger partial charge in [0.25, 0.3) is 0 Å². The van der Waals surface area contributed by atoms with Crippen LogP contribution in [0.1, 0.15) is 11.3 Å². The number of hydrogen-bond acceptors (Lipinski definition) is 4. The van der Waals surface area contributed by atoms with Crippen LogP contribution < -0.4 is 5.43 Å². The van der Waals surface area contributed by atoms with E-state index >= 15 is 0 Å². The van der Waals surface area contributed by atoms with Crippen LogP contribution >= 0.6 is 0 Å². The third-order valence-corrected chi connectivity index (χ3v) is 4.58. The molecule has 3 aromatic heterocycles. The minimum atomic E-state index is -0.0806. The van der Waals surface area contributed by atoms with Gasteiger partial charge in [-0.1, -0.05) is 42.5 Å². The van der Waals surface area contributed by atoms with Gasteiger partial charge in [-0.15, -0.1) is 0 Å². The van der Waals surface area contributed by atoms with Gasteiger partial charge in [0.05, 0.1) is 22.9 Å². The van der Waals surface area contributed by atoms with Crippen LogP contribution in [0.5, 0.6) is 0 Å². The molecule has 0 fully saturated rings. The van der Waals surface area contributed by atoms with Crippen LogP contribution in [0.2, 0.25) is 0 Å². The molecule has 5 nitrogen and oxygen atoms in total. The van der Waals surface area contributed by atoms with Gasteiger partial charge in [-0.3, -0.25) is 4.79 Å². The summed E-state index contributed by atoms with van der Waals surface area (Å²) in [5.41, 5.74) is 4.75. The molecule has 0 atom stereocenters. The smallest absolute Gasteiger partial charge is 0.193 e. The second-order valence-corrected chi connectivity index (χ2v) is 6.39. The molecule has 0 unspecified atom stereocenters. The number of benzene rings is 2. The largest absolute Gasteiger partial charge is 0.454 e. The number of hydrogen-bond donors (Lipinski definition) is 1. The molecule has 5 aromatic rings. The minimum absolute atomic E-state index is 0.0806. The van der Waals surface area contributed by atoms with E-state index in [1.807, 2.05) is 36.4 Å². The number of nitrogens with zero attached hydrogens (tertiary/aromatic N) is 2. The summed E-state index contributed by atoms with van der Waals surface area (Å²) >= 11 is 0. The molecule has 5 rings (SSSR count). The van der Waals surface area contributed by atoms with E-state index in [4.69, 9.17) is 9.40 Å². The van der Waals surface area contributed by atoms with Gasteiger partial charge < -0.3 is 9.40 Å². The zero-order valence-corrected chi connectivity index (χ0v) is 14.3. The molecule has 0 amide bonds. The molecule has 3 heterocycles. The summed E-state index contributed by atoms with van der Waals surface area (Å²) in [6.45, 7) is 0. The molecule has 0 spiro atoms. The fourth-order valence-electron chi connectivity index (χ4n) is 3.28. The molecule has 0 radical (unpaired) electrons. The summed E-state index contributed by atoms with van der Waals surface area (Å²) in [7, 11) is 0. The van der Waals surface area contributed by atoms with Crippen LogP contribution in [-0.2, 0) is 6.42 Å². The molecule has 130 valence electrons. The molecule has 5 heteroatoms. The highest BCUT2D eigenvalue weighted by Crippen LogP contribution is 2.25. The van der Waals surface area contributed by atoms with E-state index in [1.165, 1.54) is 6.07 Å². The molecule has 0 bridgehead atoms. The Morgan fingerprint density at radius 2 is 1.78 bits per heavy atom. The summed E-state index contributed by atoms with van der Waals surface area (Å²) in [6.07, 6.45) is 2.30. The summed E-state index contributed by atoms with van der Waals surface area (Å²) in [4.78, 5) is 24.8. The van der Waals surface area contributed by atoms with Crippen LogP contribution in [0, 0.1) is 0 Å². The first-order valence-electron chi connectivity index (χ1n) is 8.68. The number of nitrogens with one attached hydrogen (secondary N) is 1. The fraction of sp³-hybridized carbons (Fsp3) is 0.0455. The first kappa shape index (κ1) is 15.5. The summed E-state index contributed by atoms with van der Waals surface area (Å²) in [6, 6.07) is 20.7. The second-order valence-electron chi connectivity index (χ2n) is 6.39. The van der Waals surface area contributed by atoms with Gasteiger partial charge in [-0.05, 0) is 23.8 Å². The molecular weight excluding hydrogens is 338 g/mol. The highest BCUT2D eigenvalue weighted by Gasteiger charge is 2.13. The monoisotopic (exact) mass is 353 g/mol. The number of H-pyrrole nitrogens is 1. The van der Waals surface area contributed by atoms with Crippen molar-refractivity contribution in [3.63, 3.8) is 0 Å². The third kappa shape index (κ3) is 2.79. The SMILES string of the molecule is O=c1cc(-c2cc3[nH]cnc3c(Cc3ccccc3)n2)oc2ccccc12. The first-order valence-corrected chi connectivity index (χ1v) is 8.68. The fourth-order valence-corrected chi connectivity index (χ4v) is 3.28. The number of pyridine rings is 1. The maximum Gasteiger partial charge on any atom is 0.193 e. The lowest BCUT2D eigenvalue weighted by Crippen LogP contribution is -2.02. The molecule has 0 aliphatic heterocycles. The molecule has 0 saturated carbocycles. The lowest BCUT2D eigenvalue weighted by Gasteiger charge is -2.07. The molecule has 0 aliphatic carbocycles. The van der Waals surface area contributed by atoms with E-state index in [-0.39, 0.29) is 5.43 Å². The lowest BCUT2D eigenvalue weighted by atomic mass is 10.1. The Labute approximate surface area is 154 Å². The number of imidazole rings is 1. The Morgan fingerprint density at radius 1 is 0.963 bits per heavy atom. The topological polar surface area (TPSA) is 71.8 Å². The van der Waals surface area contributed by atoms with E-state index in [1.54, 1.807) is 18.5 Å². The maximum absolute atomic E-state index is 12.5. The maximum atomic E-state index is 12.5. The molecule has 1 N–H and O–H groups in total. The van der Waals surface area contributed by atoms with Crippen molar-refractivity contribution in [2.45, 2.75) is 6.42 Å². The van der Waals surface area contributed by atoms with E-state index < -0.39 is 0 Å². The van der Waals surface area contributed by atoms with Crippen LogP contribution in [0.3, 0.4) is 0 Å². The Kier molecular flexibility index (Phi) is 3.57. The first-order chi connectivity index (χ1) is 13.3. The van der Waals surface area contributed by atoms with Crippen molar-refractivity contribution in [1.29, 1.82) is 0 Å². The standard InChI is InChI=1S/C22H15N3O2/c26-19-12-21(27-20-9-5-4-8-15(19)20)16-11-17-22(24-13-23-17)18(25-16)10-14-6-2-1-3-7-14/h1-9,11-13H,10H2,(H,23,24). The van der Waals surface area contributed by atoms with E-state index in [2.05, 4.69) is 22.1 Å². The Hall–Kier alpha value is -3.73. The van der Waals surface area contributed by atoms with Crippen molar-refractivity contribution >= 4 is 22.0 Å². The normalized spacial score (nSPS) is 11.3. The molecular formula is C22H15N3O2. The Bertz CT molecular complexity index is 1320. The Morgan fingerprint density at radius 3 is 2.67 bits per heavy atom. The van der Waals surface area contributed by atoms with Crippen molar-refractivity contribution in [1.82, 2.24) is 15.0 Å². The van der Waals surface area contributed by atoms with Gasteiger partial charge in [-0.2, -0.15) is 0 Å². The van der Waals surface area contributed by atoms with Crippen molar-refractivity contribution in [2.75, 3.05) is 0 Å². The van der Waals surface area contributed by atoms with Crippen molar-refractivity contribution < 1.29 is 4.42 Å². The van der Waals surface area contributed by atoms with Crippen molar-refractivity contribution in [2.24, 2.45) is 0 Å². The van der Waals surface area contributed by atoms with Crippen LogP contribution in [0.15, 0.2) is 82.3 Å². The number of fused-ring (bicyclic) bond motifs is 2. The van der Waals surface area contributed by atoms with Gasteiger partial charge >= 0.3 is 0 Å². The van der Waals surface area contributed by atoms with Gasteiger partial charge in [0.1, 0.15) is 16.8 Å². The van der Waals surface area contributed by atoms with Gasteiger partial charge in [0.2, 0.25) is 0 Å². The number of aromatic nitrogens is 3. The van der Waals surface area contributed by atoms with Crippen molar-refractivity contribution in [3.05, 3.63) is 94.5 Å². The number of para-hydroxylation sites is 1. The number of rotatable bonds is 3. The minimum Gasteiger partial charge on any atom is -0.454 e. The second kappa shape index (κ2) is 6.21. The summed E-state index contributed by atoms with van der Waals surface area (Å²) in [5, 5.41) is 0.563. The molecule has 27 heavy (non-hydrogen) atoms. The van der Waals surface area contributed by atoms with Crippen LogP contribution in [0.4, 0.5) is 0 Å². The van der Waals surface area contributed by atoms with Gasteiger partial charge in [-0.25, -0.2) is 9.97 Å².